The normalized spacial score (nSPS) is 9.25. The topological polar surface area (TPSA) is 37.3 Å². The first kappa shape index (κ1) is 7.63. The number of aliphatic hydroxyl groups excluding tert-OH is 1. The highest BCUT2D eigenvalue weighted by molar-refractivity contribution is 5.76. The van der Waals surface area contributed by atoms with Gasteiger partial charge in [0.05, 0.1) is 0 Å². The summed E-state index contributed by atoms with van der Waals surface area (Å²) in [7, 11) is 0. The van der Waals surface area contributed by atoms with Gasteiger partial charge in [0.1, 0.15) is 5.78 Å². The van der Waals surface area contributed by atoms with E-state index in [0.29, 0.717) is 12.8 Å². The zero-order valence-corrected chi connectivity index (χ0v) is 5.05. The molecule has 0 aromatic rings. The summed E-state index contributed by atoms with van der Waals surface area (Å²) in [5.74, 6) is 0.151. The maximum atomic E-state index is 10.2. The second-order valence-corrected chi connectivity index (χ2v) is 1.71. The smallest absolute Gasteiger partial charge is 0.130 e. The Kier molecular flexibility index (Phi) is 4.56. The average molecular weight is 115 g/mol. The van der Waals surface area contributed by atoms with E-state index in [1.54, 1.807) is 6.42 Å². The summed E-state index contributed by atoms with van der Waals surface area (Å²) in [4.78, 5) is 10.2. The van der Waals surface area contributed by atoms with E-state index in [0.717, 1.165) is 0 Å². The Bertz CT molecular complexity index is 68.9. The zero-order valence-electron chi connectivity index (χ0n) is 5.05. The minimum Gasteiger partial charge on any atom is -0.396 e. The van der Waals surface area contributed by atoms with E-state index in [1.165, 1.54) is 6.92 Å². The molecule has 0 rings (SSSR count). The zero-order chi connectivity index (χ0) is 6.41. The molecule has 8 heavy (non-hydrogen) atoms. The van der Waals surface area contributed by atoms with Gasteiger partial charge in [-0.3, -0.25) is 0 Å². The lowest BCUT2D eigenvalue weighted by Crippen LogP contribution is -1.91. The van der Waals surface area contributed by atoms with Crippen LogP contribution in [0.15, 0.2) is 0 Å². The molecule has 2 heteroatoms. The lowest BCUT2D eigenvalue weighted by atomic mass is 10.2. The largest absolute Gasteiger partial charge is 0.396 e. The van der Waals surface area contributed by atoms with Crippen LogP contribution in [0, 0.1) is 6.42 Å². The number of carbonyl (C=O) groups is 1. The highest BCUT2D eigenvalue weighted by Gasteiger charge is 1.90. The highest BCUT2D eigenvalue weighted by Crippen LogP contribution is 1.91. The fraction of sp³-hybridized carbons (Fsp3) is 0.667. The molecule has 2 nitrogen and oxygen atoms in total. The summed E-state index contributed by atoms with van der Waals surface area (Å²) >= 11 is 0. The average Bonchev–Trinajstić information content (AvgIpc) is 1.66. The Labute approximate surface area is 49.5 Å². The summed E-state index contributed by atoms with van der Waals surface area (Å²) in [5, 5.41) is 8.24. The number of ketones is 1. The van der Waals surface area contributed by atoms with Gasteiger partial charge < -0.3 is 9.90 Å². The van der Waals surface area contributed by atoms with Crippen LogP contribution >= 0.6 is 0 Å². The minimum absolute atomic E-state index is 0.146. The van der Waals surface area contributed by atoms with Crippen LogP contribution in [0.2, 0.25) is 0 Å². The van der Waals surface area contributed by atoms with Crippen LogP contribution < -0.4 is 0 Å². The number of unbranched alkanes of at least 4 members (excludes halogenated alkanes) is 1. The Morgan fingerprint density at radius 1 is 1.75 bits per heavy atom. The van der Waals surface area contributed by atoms with Gasteiger partial charge in [0.25, 0.3) is 0 Å². The third-order valence-corrected chi connectivity index (χ3v) is 0.765. The third kappa shape index (κ3) is 5.63. The van der Waals surface area contributed by atoms with Crippen molar-refractivity contribution in [1.82, 2.24) is 0 Å². The van der Waals surface area contributed by atoms with Crippen LogP contribution in [0.4, 0.5) is 0 Å². The lowest BCUT2D eigenvalue weighted by Gasteiger charge is -1.89. The van der Waals surface area contributed by atoms with Crippen molar-refractivity contribution in [2.45, 2.75) is 19.8 Å². The predicted octanol–water partition coefficient (Wildman–Crippen LogP) is 0.552. The van der Waals surface area contributed by atoms with Crippen molar-refractivity contribution in [1.29, 1.82) is 0 Å². The van der Waals surface area contributed by atoms with Gasteiger partial charge in [-0.15, -0.1) is 0 Å². The van der Waals surface area contributed by atoms with Gasteiger partial charge in [-0.05, 0) is 19.8 Å². The summed E-state index contributed by atoms with van der Waals surface area (Å²) in [6.45, 7) is 1.68. The van der Waals surface area contributed by atoms with Gasteiger partial charge in [0, 0.05) is 13.0 Å². The van der Waals surface area contributed by atoms with Crippen LogP contribution in [0.1, 0.15) is 19.8 Å². The molecule has 0 amide bonds. The van der Waals surface area contributed by atoms with Crippen LogP contribution in [0.5, 0.6) is 0 Å². The molecule has 0 aromatic heterocycles. The first-order valence-electron chi connectivity index (χ1n) is 2.69. The molecule has 0 aromatic carbocycles. The molecule has 0 spiro atoms. The van der Waals surface area contributed by atoms with E-state index in [1.807, 2.05) is 0 Å². The second kappa shape index (κ2) is 4.78. The molecule has 0 heterocycles. The molecule has 1 radical (unpaired) electrons. The molecular weight excluding hydrogens is 104 g/mol. The van der Waals surface area contributed by atoms with E-state index < -0.39 is 0 Å². The first-order valence-corrected chi connectivity index (χ1v) is 2.69. The van der Waals surface area contributed by atoms with Gasteiger partial charge in [-0.1, -0.05) is 0 Å². The van der Waals surface area contributed by atoms with Crippen molar-refractivity contribution in [3.8, 4) is 0 Å². The van der Waals surface area contributed by atoms with Crippen LogP contribution in [0.25, 0.3) is 0 Å². The van der Waals surface area contributed by atoms with E-state index in [2.05, 4.69) is 0 Å². The molecule has 0 aliphatic rings. The number of rotatable bonds is 4. The molecular formula is C6H11O2. The minimum atomic E-state index is 0.146. The number of Topliss-reactive ketones (excluding diaryl/α,β-unsaturated/α-hetero) is 1. The quantitative estimate of drug-likeness (QED) is 0.543. The summed E-state index contributed by atoms with van der Waals surface area (Å²) in [6.07, 6.45) is 2.89. The van der Waals surface area contributed by atoms with E-state index >= 15 is 0 Å². The Morgan fingerprint density at radius 2 is 2.38 bits per heavy atom. The Balaban J connectivity index is 2.82. The van der Waals surface area contributed by atoms with Crippen LogP contribution in [-0.2, 0) is 4.79 Å². The fourth-order valence-corrected chi connectivity index (χ4v) is 0.397. The van der Waals surface area contributed by atoms with E-state index in [-0.39, 0.29) is 12.4 Å². The molecule has 0 bridgehead atoms. The Hall–Kier alpha value is -0.370. The van der Waals surface area contributed by atoms with Crippen LogP contribution in [0.3, 0.4) is 0 Å². The van der Waals surface area contributed by atoms with Crippen molar-refractivity contribution in [2.24, 2.45) is 0 Å². The molecule has 0 saturated carbocycles. The van der Waals surface area contributed by atoms with E-state index in [4.69, 9.17) is 5.11 Å². The first-order chi connectivity index (χ1) is 3.77. The van der Waals surface area contributed by atoms with Gasteiger partial charge in [-0.25, -0.2) is 0 Å². The summed E-state index contributed by atoms with van der Waals surface area (Å²) in [5.41, 5.74) is 0. The van der Waals surface area contributed by atoms with Crippen molar-refractivity contribution >= 4 is 5.78 Å². The molecule has 0 fully saturated rings. The van der Waals surface area contributed by atoms with Crippen molar-refractivity contribution < 1.29 is 9.90 Å². The molecule has 0 unspecified atom stereocenters. The molecule has 1 N–H and O–H groups in total. The molecule has 47 valence electrons. The highest BCUT2D eigenvalue weighted by atomic mass is 16.2. The Morgan fingerprint density at radius 3 is 2.75 bits per heavy atom. The SMILES string of the molecule is CC(=O)C[CH]CCO. The van der Waals surface area contributed by atoms with Crippen molar-refractivity contribution in [3.63, 3.8) is 0 Å². The number of hydrogen-bond donors (Lipinski definition) is 1. The van der Waals surface area contributed by atoms with Crippen LogP contribution in [-0.4, -0.2) is 17.5 Å². The maximum absolute atomic E-state index is 10.2. The summed E-state index contributed by atoms with van der Waals surface area (Å²) in [6, 6.07) is 0. The van der Waals surface area contributed by atoms with Crippen molar-refractivity contribution in [2.75, 3.05) is 6.61 Å². The van der Waals surface area contributed by atoms with Gasteiger partial charge in [-0.2, -0.15) is 0 Å². The lowest BCUT2D eigenvalue weighted by molar-refractivity contribution is -0.116. The second-order valence-electron chi connectivity index (χ2n) is 1.71. The third-order valence-electron chi connectivity index (χ3n) is 0.765. The molecule has 0 aliphatic carbocycles. The maximum Gasteiger partial charge on any atom is 0.130 e. The predicted molar refractivity (Wildman–Crippen MR) is 31.3 cm³/mol. The molecule has 0 saturated heterocycles. The number of hydrogen-bond acceptors (Lipinski definition) is 2. The fourth-order valence-electron chi connectivity index (χ4n) is 0.397. The monoisotopic (exact) mass is 115 g/mol. The molecule has 0 atom stereocenters. The van der Waals surface area contributed by atoms with Gasteiger partial charge in [0.15, 0.2) is 0 Å². The number of carbonyl (C=O) groups excluding carboxylic acids is 1. The summed E-state index contributed by atoms with van der Waals surface area (Å²) < 4.78 is 0. The van der Waals surface area contributed by atoms with Crippen molar-refractivity contribution in [3.05, 3.63) is 6.42 Å². The number of aliphatic hydroxyl groups is 1. The van der Waals surface area contributed by atoms with Gasteiger partial charge in [0.2, 0.25) is 0 Å². The standard InChI is InChI=1S/C6H11O2/c1-6(8)4-2-3-5-7/h2,7H,3-5H2,1H3. The van der Waals surface area contributed by atoms with E-state index in [9.17, 15) is 4.79 Å². The molecule has 0 aliphatic heterocycles. The van der Waals surface area contributed by atoms with Gasteiger partial charge >= 0.3 is 0 Å².